The lowest BCUT2D eigenvalue weighted by Crippen LogP contribution is -2.19. The summed E-state index contributed by atoms with van der Waals surface area (Å²) in [6.07, 6.45) is 0.0297. The number of aromatic nitrogens is 4. The van der Waals surface area contributed by atoms with Crippen LogP contribution in [0.15, 0.2) is 85.2 Å². The Kier molecular flexibility index (Phi) is 7.09. The third-order valence-corrected chi connectivity index (χ3v) is 4.60. The molecule has 172 valence electrons. The summed E-state index contributed by atoms with van der Waals surface area (Å²) in [6, 6.07) is 22.1. The molecule has 10 heteroatoms. The van der Waals surface area contributed by atoms with Crippen molar-refractivity contribution >= 4 is 18.1 Å². The number of carbonyl (C=O) groups excluding carboxylic acids is 2. The number of ether oxygens (including phenoxy) is 3. The highest BCUT2D eigenvalue weighted by Crippen LogP contribution is 2.21. The van der Waals surface area contributed by atoms with Gasteiger partial charge in [0, 0.05) is 0 Å². The zero-order valence-electron chi connectivity index (χ0n) is 18.2. The summed E-state index contributed by atoms with van der Waals surface area (Å²) in [5.74, 6) is 1.52. The van der Waals surface area contributed by atoms with Gasteiger partial charge in [0.15, 0.2) is 5.82 Å². The van der Waals surface area contributed by atoms with E-state index in [0.717, 1.165) is 0 Å². The van der Waals surface area contributed by atoms with Gasteiger partial charge in [-0.3, -0.25) is 5.32 Å². The first kappa shape index (κ1) is 22.5. The molecule has 1 amide bonds. The standard InChI is InChI=1S/C24H21N5O5/c1-17(15-32-24(31)34-19-11-6-3-7-12-19)29-16-25-28-22(29)20-13-8-14-21(26-20)27-23(30)33-18-9-4-2-5-10-18/h2-14,16-17H,15H2,1H3,(H,26,27,30)/t17-/m1/s1. The third-order valence-electron chi connectivity index (χ3n) is 4.60. The number of pyridine rings is 1. The van der Waals surface area contributed by atoms with Crippen molar-refractivity contribution in [3.05, 3.63) is 85.2 Å². The normalized spacial score (nSPS) is 11.3. The minimum absolute atomic E-state index is 0.0258. The molecular formula is C24H21N5O5. The molecule has 10 nitrogen and oxygen atoms in total. The molecule has 2 aromatic heterocycles. The summed E-state index contributed by atoms with van der Waals surface area (Å²) in [6.45, 7) is 1.86. The van der Waals surface area contributed by atoms with E-state index in [1.165, 1.54) is 6.33 Å². The molecule has 4 aromatic rings. The van der Waals surface area contributed by atoms with Gasteiger partial charge in [0.05, 0.1) is 6.04 Å². The van der Waals surface area contributed by atoms with Crippen LogP contribution in [-0.2, 0) is 4.74 Å². The highest BCUT2D eigenvalue weighted by atomic mass is 16.7. The van der Waals surface area contributed by atoms with E-state index in [1.54, 1.807) is 71.3 Å². The summed E-state index contributed by atoms with van der Waals surface area (Å²) in [5.41, 5.74) is 0.466. The number of hydrogen-bond acceptors (Lipinski definition) is 8. The second kappa shape index (κ2) is 10.7. The van der Waals surface area contributed by atoms with Crippen LogP contribution in [0.3, 0.4) is 0 Å². The first-order valence-electron chi connectivity index (χ1n) is 10.4. The molecule has 2 aromatic carbocycles. The number of nitrogens with zero attached hydrogens (tertiary/aromatic N) is 4. The zero-order chi connectivity index (χ0) is 23.8. The highest BCUT2D eigenvalue weighted by Gasteiger charge is 2.17. The van der Waals surface area contributed by atoms with Crippen molar-refractivity contribution in [3.63, 3.8) is 0 Å². The average molecular weight is 459 g/mol. The molecule has 0 aliphatic heterocycles. The smallest absolute Gasteiger partial charge is 0.432 e. The third kappa shape index (κ3) is 5.94. The van der Waals surface area contributed by atoms with Gasteiger partial charge in [-0.05, 0) is 43.3 Å². The molecule has 0 fully saturated rings. The van der Waals surface area contributed by atoms with Crippen molar-refractivity contribution in [1.82, 2.24) is 19.7 Å². The molecule has 0 radical (unpaired) electrons. The molecule has 0 saturated carbocycles. The maximum atomic E-state index is 12.2. The lowest BCUT2D eigenvalue weighted by Gasteiger charge is -2.15. The molecule has 1 N–H and O–H groups in total. The second-order valence-electron chi connectivity index (χ2n) is 7.12. The quantitative estimate of drug-likeness (QED) is 0.311. The molecule has 34 heavy (non-hydrogen) atoms. The van der Waals surface area contributed by atoms with Crippen molar-refractivity contribution in [2.75, 3.05) is 11.9 Å². The molecule has 1 atom stereocenters. The minimum atomic E-state index is -0.811. The summed E-state index contributed by atoms with van der Waals surface area (Å²) in [7, 11) is 0. The van der Waals surface area contributed by atoms with E-state index >= 15 is 0 Å². The molecule has 0 aliphatic rings. The lowest BCUT2D eigenvalue weighted by molar-refractivity contribution is 0.0877. The van der Waals surface area contributed by atoms with Crippen LogP contribution < -0.4 is 14.8 Å². The maximum Gasteiger partial charge on any atom is 0.513 e. The second-order valence-corrected chi connectivity index (χ2v) is 7.12. The van der Waals surface area contributed by atoms with Gasteiger partial charge in [0.2, 0.25) is 0 Å². The minimum Gasteiger partial charge on any atom is -0.432 e. The fraction of sp³-hybridized carbons (Fsp3) is 0.125. The number of anilines is 1. The molecule has 0 unspecified atom stereocenters. The van der Waals surface area contributed by atoms with E-state index in [4.69, 9.17) is 14.2 Å². The van der Waals surface area contributed by atoms with Crippen LogP contribution in [0.4, 0.5) is 15.4 Å². The summed E-state index contributed by atoms with van der Waals surface area (Å²) < 4.78 is 17.3. The SMILES string of the molecule is C[C@H](COC(=O)Oc1ccccc1)n1cnnc1-c1cccc(NC(=O)Oc2ccccc2)n1. The van der Waals surface area contributed by atoms with Gasteiger partial charge in [-0.1, -0.05) is 42.5 Å². The summed E-state index contributed by atoms with van der Waals surface area (Å²) in [5, 5.41) is 10.7. The van der Waals surface area contributed by atoms with Crippen LogP contribution in [0.2, 0.25) is 0 Å². The van der Waals surface area contributed by atoms with Gasteiger partial charge >= 0.3 is 12.2 Å². The van der Waals surface area contributed by atoms with Gasteiger partial charge in [-0.2, -0.15) is 0 Å². The lowest BCUT2D eigenvalue weighted by atomic mass is 10.3. The number of carbonyl (C=O) groups is 2. The van der Waals surface area contributed by atoms with E-state index in [2.05, 4.69) is 20.5 Å². The molecular weight excluding hydrogens is 438 g/mol. The zero-order valence-corrected chi connectivity index (χ0v) is 18.2. The first-order valence-corrected chi connectivity index (χ1v) is 10.4. The Balaban J connectivity index is 1.38. The Morgan fingerprint density at radius 2 is 1.59 bits per heavy atom. The number of amides is 1. The predicted molar refractivity (Wildman–Crippen MR) is 122 cm³/mol. The number of rotatable bonds is 7. The Hall–Kier alpha value is -4.73. The van der Waals surface area contributed by atoms with Crippen LogP contribution in [0.5, 0.6) is 11.5 Å². The van der Waals surface area contributed by atoms with Crippen LogP contribution in [-0.4, -0.2) is 38.6 Å². The number of para-hydroxylation sites is 2. The van der Waals surface area contributed by atoms with Crippen molar-refractivity contribution < 1.29 is 23.8 Å². The van der Waals surface area contributed by atoms with Crippen LogP contribution in [0, 0.1) is 0 Å². The largest absolute Gasteiger partial charge is 0.513 e. The van der Waals surface area contributed by atoms with Gasteiger partial charge in [0.1, 0.15) is 35.9 Å². The van der Waals surface area contributed by atoms with Gasteiger partial charge in [0.25, 0.3) is 0 Å². The van der Waals surface area contributed by atoms with E-state index < -0.39 is 12.2 Å². The Bertz CT molecular complexity index is 1250. The van der Waals surface area contributed by atoms with Crippen molar-refractivity contribution in [1.29, 1.82) is 0 Å². The van der Waals surface area contributed by atoms with E-state index in [-0.39, 0.29) is 18.5 Å². The topological polar surface area (TPSA) is 117 Å². The van der Waals surface area contributed by atoms with E-state index in [0.29, 0.717) is 23.0 Å². The Morgan fingerprint density at radius 3 is 2.29 bits per heavy atom. The van der Waals surface area contributed by atoms with Crippen molar-refractivity contribution in [2.45, 2.75) is 13.0 Å². The first-order chi connectivity index (χ1) is 16.6. The molecule has 0 spiro atoms. The monoisotopic (exact) mass is 459 g/mol. The number of nitrogens with one attached hydrogen (secondary N) is 1. The van der Waals surface area contributed by atoms with Crippen molar-refractivity contribution in [2.24, 2.45) is 0 Å². The average Bonchev–Trinajstić information content (AvgIpc) is 3.34. The van der Waals surface area contributed by atoms with Gasteiger partial charge in [-0.15, -0.1) is 10.2 Å². The molecule has 0 saturated heterocycles. The van der Waals surface area contributed by atoms with Gasteiger partial charge in [-0.25, -0.2) is 14.6 Å². The molecule has 0 bridgehead atoms. The van der Waals surface area contributed by atoms with Crippen LogP contribution in [0.25, 0.3) is 11.5 Å². The highest BCUT2D eigenvalue weighted by molar-refractivity contribution is 5.85. The number of benzene rings is 2. The number of hydrogen-bond donors (Lipinski definition) is 1. The van der Waals surface area contributed by atoms with Gasteiger partial charge < -0.3 is 18.8 Å². The van der Waals surface area contributed by atoms with Crippen LogP contribution >= 0.6 is 0 Å². The Morgan fingerprint density at radius 1 is 0.912 bits per heavy atom. The maximum absolute atomic E-state index is 12.2. The molecule has 2 heterocycles. The summed E-state index contributed by atoms with van der Waals surface area (Å²) in [4.78, 5) is 28.6. The molecule has 4 rings (SSSR count). The summed E-state index contributed by atoms with van der Waals surface area (Å²) >= 11 is 0. The fourth-order valence-corrected chi connectivity index (χ4v) is 2.99. The van der Waals surface area contributed by atoms with Crippen LogP contribution in [0.1, 0.15) is 13.0 Å². The predicted octanol–water partition coefficient (Wildman–Crippen LogP) is 4.73. The Labute approximate surface area is 195 Å². The fourth-order valence-electron chi connectivity index (χ4n) is 2.99. The van der Waals surface area contributed by atoms with E-state index in [9.17, 15) is 9.59 Å². The van der Waals surface area contributed by atoms with E-state index in [1.807, 2.05) is 19.1 Å². The van der Waals surface area contributed by atoms with Crippen molar-refractivity contribution in [3.8, 4) is 23.0 Å². The molecule has 0 aliphatic carbocycles.